The van der Waals surface area contributed by atoms with Crippen LogP contribution >= 0.6 is 11.8 Å². The molecule has 0 amide bonds. The minimum absolute atomic E-state index is 0.761. The van der Waals surface area contributed by atoms with E-state index in [0.29, 0.717) is 0 Å². The van der Waals surface area contributed by atoms with Gasteiger partial charge in [0, 0.05) is 34.3 Å². The van der Waals surface area contributed by atoms with Gasteiger partial charge in [-0.05, 0) is 24.3 Å². The Morgan fingerprint density at radius 1 is 1.00 bits per heavy atom. The van der Waals surface area contributed by atoms with Gasteiger partial charge in [-0.3, -0.25) is 4.79 Å². The van der Waals surface area contributed by atoms with Gasteiger partial charge in [-0.2, -0.15) is 0 Å². The van der Waals surface area contributed by atoms with Crippen molar-refractivity contribution in [2.75, 3.05) is 5.75 Å². The van der Waals surface area contributed by atoms with Gasteiger partial charge < -0.3 is 4.57 Å². The van der Waals surface area contributed by atoms with E-state index in [1.165, 1.54) is 4.90 Å². The lowest BCUT2D eigenvalue weighted by Crippen LogP contribution is -2.00. The number of aromatic nitrogens is 1. The van der Waals surface area contributed by atoms with Gasteiger partial charge in [0.15, 0.2) is 6.29 Å². The first-order chi connectivity index (χ1) is 9.88. The summed E-state index contributed by atoms with van der Waals surface area (Å²) in [6.45, 7) is 0.897. The number of carbonyl (C=O) groups is 1. The van der Waals surface area contributed by atoms with Gasteiger partial charge in [0.25, 0.3) is 0 Å². The lowest BCUT2D eigenvalue weighted by molar-refractivity contribution is 0.112. The van der Waals surface area contributed by atoms with E-state index in [4.69, 9.17) is 0 Å². The van der Waals surface area contributed by atoms with Crippen LogP contribution in [0.15, 0.2) is 65.7 Å². The Kier molecular flexibility index (Phi) is 3.88. The lowest BCUT2D eigenvalue weighted by atomic mass is 10.1. The van der Waals surface area contributed by atoms with Crippen molar-refractivity contribution in [3.8, 4) is 0 Å². The van der Waals surface area contributed by atoms with E-state index in [1.54, 1.807) is 0 Å². The van der Waals surface area contributed by atoms with Crippen LogP contribution in [0.5, 0.6) is 0 Å². The molecule has 0 aliphatic heterocycles. The molecule has 2 nitrogen and oxygen atoms in total. The minimum Gasteiger partial charge on any atom is -0.346 e. The zero-order valence-corrected chi connectivity index (χ0v) is 11.8. The zero-order chi connectivity index (χ0) is 13.8. The topological polar surface area (TPSA) is 22.0 Å². The Labute approximate surface area is 122 Å². The second-order valence-electron chi connectivity index (χ2n) is 4.57. The number of aryl methyl sites for hydroxylation is 1. The summed E-state index contributed by atoms with van der Waals surface area (Å²) in [7, 11) is 0. The van der Waals surface area contributed by atoms with Crippen molar-refractivity contribution in [3.05, 3.63) is 66.4 Å². The van der Waals surface area contributed by atoms with E-state index in [2.05, 4.69) is 41.1 Å². The van der Waals surface area contributed by atoms with Crippen LogP contribution in [0.3, 0.4) is 0 Å². The average molecular weight is 281 g/mol. The summed E-state index contributed by atoms with van der Waals surface area (Å²) in [6.07, 6.45) is 2.99. The number of para-hydroxylation sites is 1. The Hall–Kier alpha value is -2.00. The summed E-state index contributed by atoms with van der Waals surface area (Å²) in [5.41, 5.74) is 1.80. The van der Waals surface area contributed by atoms with E-state index in [9.17, 15) is 4.79 Å². The second kappa shape index (κ2) is 5.97. The molecule has 0 N–H and O–H groups in total. The van der Waals surface area contributed by atoms with Crippen molar-refractivity contribution in [1.29, 1.82) is 0 Å². The molecule has 0 aliphatic rings. The summed E-state index contributed by atoms with van der Waals surface area (Å²) in [5.74, 6) is 0.987. The van der Waals surface area contributed by atoms with Crippen LogP contribution in [0.2, 0.25) is 0 Å². The van der Waals surface area contributed by atoms with E-state index in [0.717, 1.165) is 35.1 Å². The molecular formula is C17H15NOS. The zero-order valence-electron chi connectivity index (χ0n) is 11.0. The van der Waals surface area contributed by atoms with Crippen LogP contribution in [0.1, 0.15) is 10.4 Å². The number of hydrogen-bond donors (Lipinski definition) is 0. The van der Waals surface area contributed by atoms with Gasteiger partial charge >= 0.3 is 0 Å². The number of carbonyl (C=O) groups excluding carboxylic acids is 1. The van der Waals surface area contributed by atoms with Crippen molar-refractivity contribution in [1.82, 2.24) is 4.57 Å². The van der Waals surface area contributed by atoms with Gasteiger partial charge in [-0.1, -0.05) is 30.3 Å². The quantitative estimate of drug-likeness (QED) is 0.515. The van der Waals surface area contributed by atoms with Crippen LogP contribution in [0, 0.1) is 0 Å². The molecule has 0 saturated heterocycles. The molecule has 0 bridgehead atoms. The third-order valence-corrected chi connectivity index (χ3v) is 4.28. The van der Waals surface area contributed by atoms with Gasteiger partial charge in [-0.25, -0.2) is 0 Å². The fourth-order valence-corrected chi connectivity index (χ4v) is 3.22. The number of hydrogen-bond acceptors (Lipinski definition) is 2. The molecule has 3 heteroatoms. The maximum absolute atomic E-state index is 11.1. The SMILES string of the molecule is O=Cc1cccc2ccn(CCSc3ccccc3)c12. The molecule has 1 heterocycles. The first kappa shape index (κ1) is 13.0. The first-order valence-electron chi connectivity index (χ1n) is 6.59. The molecule has 2 aromatic carbocycles. The van der Waals surface area contributed by atoms with E-state index in [1.807, 2.05) is 36.0 Å². The summed E-state index contributed by atoms with van der Waals surface area (Å²) < 4.78 is 2.16. The molecular weight excluding hydrogens is 266 g/mol. The van der Waals surface area contributed by atoms with E-state index in [-0.39, 0.29) is 0 Å². The molecule has 0 radical (unpaired) electrons. The molecule has 1 aromatic heterocycles. The van der Waals surface area contributed by atoms with E-state index >= 15 is 0 Å². The predicted octanol–water partition coefficient (Wildman–Crippen LogP) is 4.25. The number of nitrogens with zero attached hydrogens (tertiary/aromatic N) is 1. The summed E-state index contributed by atoms with van der Waals surface area (Å²) >= 11 is 1.83. The number of rotatable bonds is 5. The first-order valence-corrected chi connectivity index (χ1v) is 7.58. The standard InChI is InChI=1S/C17H15NOS/c19-13-15-6-4-5-14-9-10-18(17(14)15)11-12-20-16-7-2-1-3-8-16/h1-10,13H,11-12H2. The third kappa shape index (κ3) is 2.63. The van der Waals surface area contributed by atoms with Crippen LogP contribution in [0.4, 0.5) is 0 Å². The Morgan fingerprint density at radius 3 is 2.65 bits per heavy atom. The van der Waals surface area contributed by atoms with Gasteiger partial charge in [0.05, 0.1) is 5.52 Å². The molecule has 3 aromatic rings. The number of benzene rings is 2. The minimum atomic E-state index is 0.761. The van der Waals surface area contributed by atoms with Crippen LogP contribution < -0.4 is 0 Å². The second-order valence-corrected chi connectivity index (χ2v) is 5.74. The third-order valence-electron chi connectivity index (χ3n) is 3.29. The average Bonchev–Trinajstić information content (AvgIpc) is 2.92. The number of aldehydes is 1. The molecule has 100 valence electrons. The van der Waals surface area contributed by atoms with Crippen molar-refractivity contribution in [3.63, 3.8) is 0 Å². The predicted molar refractivity (Wildman–Crippen MR) is 84.5 cm³/mol. The number of fused-ring (bicyclic) bond motifs is 1. The van der Waals surface area contributed by atoms with E-state index < -0.39 is 0 Å². The van der Waals surface area contributed by atoms with Crippen molar-refractivity contribution >= 4 is 29.0 Å². The molecule has 20 heavy (non-hydrogen) atoms. The summed E-state index contributed by atoms with van der Waals surface area (Å²) in [5, 5.41) is 1.12. The molecule has 0 aliphatic carbocycles. The maximum atomic E-state index is 11.1. The monoisotopic (exact) mass is 281 g/mol. The Balaban J connectivity index is 1.76. The van der Waals surface area contributed by atoms with Gasteiger partial charge in [0.1, 0.15) is 0 Å². The molecule has 3 rings (SSSR count). The van der Waals surface area contributed by atoms with Gasteiger partial charge in [-0.15, -0.1) is 11.8 Å². The fourth-order valence-electron chi connectivity index (χ4n) is 2.35. The Bertz CT molecular complexity index is 718. The summed E-state index contributed by atoms with van der Waals surface area (Å²) in [4.78, 5) is 12.4. The molecule has 0 unspecified atom stereocenters. The largest absolute Gasteiger partial charge is 0.346 e. The normalized spacial score (nSPS) is 10.8. The maximum Gasteiger partial charge on any atom is 0.152 e. The smallest absolute Gasteiger partial charge is 0.152 e. The van der Waals surface area contributed by atoms with Crippen LogP contribution in [-0.4, -0.2) is 16.6 Å². The van der Waals surface area contributed by atoms with Crippen LogP contribution in [0.25, 0.3) is 10.9 Å². The van der Waals surface area contributed by atoms with Crippen LogP contribution in [-0.2, 0) is 6.54 Å². The lowest BCUT2D eigenvalue weighted by Gasteiger charge is -2.07. The molecule has 0 fully saturated rings. The highest BCUT2D eigenvalue weighted by Crippen LogP contribution is 2.22. The highest BCUT2D eigenvalue weighted by Gasteiger charge is 2.05. The van der Waals surface area contributed by atoms with Gasteiger partial charge in [0.2, 0.25) is 0 Å². The number of thioether (sulfide) groups is 1. The highest BCUT2D eigenvalue weighted by atomic mass is 32.2. The van der Waals surface area contributed by atoms with Crippen molar-refractivity contribution < 1.29 is 4.79 Å². The fraction of sp³-hybridized carbons (Fsp3) is 0.118. The summed E-state index contributed by atoms with van der Waals surface area (Å²) in [6, 6.07) is 18.3. The molecule has 0 atom stereocenters. The Morgan fingerprint density at radius 2 is 1.85 bits per heavy atom. The molecule has 0 spiro atoms. The van der Waals surface area contributed by atoms with Crippen molar-refractivity contribution in [2.24, 2.45) is 0 Å². The van der Waals surface area contributed by atoms with Crippen molar-refractivity contribution in [2.45, 2.75) is 11.4 Å². The molecule has 0 saturated carbocycles. The highest BCUT2D eigenvalue weighted by molar-refractivity contribution is 7.99.